The minimum absolute atomic E-state index is 0.488. The van der Waals surface area contributed by atoms with Crippen LogP contribution in [-0.2, 0) is 16.0 Å². The summed E-state index contributed by atoms with van der Waals surface area (Å²) in [4.78, 5) is 4.26. The normalized spacial score (nSPS) is 19.5. The van der Waals surface area contributed by atoms with Crippen LogP contribution < -0.4 is 5.32 Å². The molecule has 0 aliphatic carbocycles. The lowest BCUT2D eigenvalue weighted by molar-refractivity contribution is 0.0679. The molecule has 0 radical (unpaired) electrons. The number of nitrogens with one attached hydrogen (secondary N) is 1. The first-order valence-electron chi connectivity index (χ1n) is 6.72. The van der Waals surface area contributed by atoms with Crippen LogP contribution in [0.5, 0.6) is 0 Å². The predicted molar refractivity (Wildman–Crippen MR) is 69.5 cm³/mol. The molecule has 1 aliphatic heterocycles. The molecule has 1 aromatic heterocycles. The molecule has 0 bridgehead atoms. The molecule has 1 aliphatic rings. The molecule has 2 heterocycles. The molecule has 2 rings (SSSR count). The van der Waals surface area contributed by atoms with Crippen LogP contribution >= 0.6 is 0 Å². The number of aryl methyl sites for hydroxylation is 1. The fourth-order valence-corrected chi connectivity index (χ4v) is 2.33. The Balaban J connectivity index is 1.70. The van der Waals surface area contributed by atoms with Crippen molar-refractivity contribution in [3.63, 3.8) is 0 Å². The Hall–Kier alpha value is -0.910. The van der Waals surface area contributed by atoms with E-state index >= 15 is 0 Å². The Labute approximate surface area is 108 Å². The lowest BCUT2D eigenvalue weighted by atomic mass is 10.2. The average Bonchev–Trinajstić information content (AvgIpc) is 3.03. The first-order chi connectivity index (χ1) is 8.92. The van der Waals surface area contributed by atoms with Crippen molar-refractivity contribution in [2.45, 2.75) is 31.8 Å². The zero-order chi connectivity index (χ0) is 12.6. The molecule has 0 saturated carbocycles. The summed E-state index contributed by atoms with van der Waals surface area (Å²) in [5.41, 5.74) is 1.31. The van der Waals surface area contributed by atoms with E-state index < -0.39 is 0 Å². The summed E-state index contributed by atoms with van der Waals surface area (Å²) in [7, 11) is 1.69. The van der Waals surface area contributed by atoms with Gasteiger partial charge in [-0.05, 0) is 25.8 Å². The van der Waals surface area contributed by atoms with Crippen LogP contribution in [0.2, 0.25) is 0 Å². The van der Waals surface area contributed by atoms with E-state index in [1.54, 1.807) is 7.11 Å². The van der Waals surface area contributed by atoms with Gasteiger partial charge in [0.25, 0.3) is 0 Å². The molecule has 1 saturated heterocycles. The van der Waals surface area contributed by atoms with Gasteiger partial charge in [0.15, 0.2) is 0 Å². The van der Waals surface area contributed by atoms with E-state index in [1.165, 1.54) is 18.5 Å². The standard InChI is InChI=1S/C13H23N3O2/c1-17-8-9-18-7-3-6-16-11-14-10-13(16)12-4-2-5-15-12/h10-12,15H,2-9H2,1H3. The average molecular weight is 253 g/mol. The number of imidazole rings is 1. The van der Waals surface area contributed by atoms with Gasteiger partial charge in [-0.15, -0.1) is 0 Å². The molecule has 0 amide bonds. The van der Waals surface area contributed by atoms with Gasteiger partial charge in [-0.1, -0.05) is 0 Å². The predicted octanol–water partition coefficient (Wildman–Crippen LogP) is 1.36. The van der Waals surface area contributed by atoms with Gasteiger partial charge >= 0.3 is 0 Å². The number of hydrogen-bond donors (Lipinski definition) is 1. The van der Waals surface area contributed by atoms with Gasteiger partial charge in [0.2, 0.25) is 0 Å². The molecule has 1 aromatic rings. The summed E-state index contributed by atoms with van der Waals surface area (Å²) in [5, 5.41) is 3.51. The summed E-state index contributed by atoms with van der Waals surface area (Å²) < 4.78 is 12.6. The van der Waals surface area contributed by atoms with Gasteiger partial charge in [0, 0.05) is 32.5 Å². The van der Waals surface area contributed by atoms with Crippen LogP contribution in [0.4, 0.5) is 0 Å². The molecule has 18 heavy (non-hydrogen) atoms. The highest BCUT2D eigenvalue weighted by molar-refractivity contribution is 5.07. The quantitative estimate of drug-likeness (QED) is 0.711. The Morgan fingerprint density at radius 1 is 1.44 bits per heavy atom. The maximum atomic E-state index is 5.46. The first kappa shape index (κ1) is 13.5. The number of hydrogen-bond acceptors (Lipinski definition) is 4. The van der Waals surface area contributed by atoms with E-state index in [2.05, 4.69) is 14.9 Å². The van der Waals surface area contributed by atoms with Gasteiger partial charge in [-0.3, -0.25) is 0 Å². The van der Waals surface area contributed by atoms with Crippen molar-refractivity contribution in [1.82, 2.24) is 14.9 Å². The highest BCUT2D eigenvalue weighted by Crippen LogP contribution is 2.22. The van der Waals surface area contributed by atoms with Crippen LogP contribution in [0.25, 0.3) is 0 Å². The molecule has 1 atom stereocenters. The van der Waals surface area contributed by atoms with Crippen LogP contribution in [0.1, 0.15) is 31.0 Å². The first-order valence-corrected chi connectivity index (χ1v) is 6.72. The fourth-order valence-electron chi connectivity index (χ4n) is 2.33. The second-order valence-electron chi connectivity index (χ2n) is 4.62. The third-order valence-electron chi connectivity index (χ3n) is 3.28. The molecule has 0 spiro atoms. The maximum absolute atomic E-state index is 5.46. The van der Waals surface area contributed by atoms with E-state index in [9.17, 15) is 0 Å². The fraction of sp³-hybridized carbons (Fsp3) is 0.769. The van der Waals surface area contributed by atoms with E-state index in [4.69, 9.17) is 9.47 Å². The number of rotatable bonds is 8. The number of nitrogens with zero attached hydrogens (tertiary/aromatic N) is 2. The third kappa shape index (κ3) is 3.80. The summed E-state index contributed by atoms with van der Waals surface area (Å²) in [6.07, 6.45) is 7.39. The van der Waals surface area contributed by atoms with Crippen LogP contribution in [0.3, 0.4) is 0 Å². The molecule has 1 unspecified atom stereocenters. The monoisotopic (exact) mass is 253 g/mol. The van der Waals surface area contributed by atoms with Crippen molar-refractivity contribution >= 4 is 0 Å². The van der Waals surface area contributed by atoms with Gasteiger partial charge in [0.05, 0.1) is 25.2 Å². The molecule has 5 nitrogen and oxygen atoms in total. The largest absolute Gasteiger partial charge is 0.382 e. The molecular weight excluding hydrogens is 230 g/mol. The minimum Gasteiger partial charge on any atom is -0.382 e. The maximum Gasteiger partial charge on any atom is 0.0948 e. The van der Waals surface area contributed by atoms with Crippen molar-refractivity contribution < 1.29 is 9.47 Å². The Morgan fingerprint density at radius 3 is 3.17 bits per heavy atom. The lowest BCUT2D eigenvalue weighted by Gasteiger charge is -2.13. The topological polar surface area (TPSA) is 48.3 Å². The zero-order valence-electron chi connectivity index (χ0n) is 11.1. The second-order valence-corrected chi connectivity index (χ2v) is 4.62. The third-order valence-corrected chi connectivity index (χ3v) is 3.28. The van der Waals surface area contributed by atoms with Crippen molar-refractivity contribution in [1.29, 1.82) is 0 Å². The number of methoxy groups -OCH3 is 1. The number of aromatic nitrogens is 2. The second kappa shape index (κ2) is 7.51. The summed E-state index contributed by atoms with van der Waals surface area (Å²) in [5.74, 6) is 0. The number of ether oxygens (including phenoxy) is 2. The van der Waals surface area contributed by atoms with E-state index in [0.717, 1.165) is 26.1 Å². The van der Waals surface area contributed by atoms with E-state index in [1.807, 2.05) is 12.5 Å². The Kier molecular flexibility index (Phi) is 5.64. The van der Waals surface area contributed by atoms with Crippen LogP contribution in [-0.4, -0.2) is 43.0 Å². The highest BCUT2D eigenvalue weighted by Gasteiger charge is 2.19. The Bertz CT molecular complexity index is 335. The molecule has 0 aromatic carbocycles. The van der Waals surface area contributed by atoms with Crippen LogP contribution in [0.15, 0.2) is 12.5 Å². The summed E-state index contributed by atoms with van der Waals surface area (Å²) >= 11 is 0. The van der Waals surface area contributed by atoms with Crippen LogP contribution in [0, 0.1) is 0 Å². The molecule has 1 fully saturated rings. The van der Waals surface area contributed by atoms with Gasteiger partial charge in [-0.2, -0.15) is 0 Å². The van der Waals surface area contributed by atoms with Gasteiger partial charge < -0.3 is 19.4 Å². The van der Waals surface area contributed by atoms with E-state index in [-0.39, 0.29) is 0 Å². The molecule has 1 N–H and O–H groups in total. The molecule has 102 valence electrons. The van der Waals surface area contributed by atoms with Crippen molar-refractivity contribution in [3.8, 4) is 0 Å². The smallest absolute Gasteiger partial charge is 0.0948 e. The van der Waals surface area contributed by atoms with Crippen molar-refractivity contribution in [3.05, 3.63) is 18.2 Å². The van der Waals surface area contributed by atoms with Gasteiger partial charge in [-0.25, -0.2) is 4.98 Å². The van der Waals surface area contributed by atoms with Gasteiger partial charge in [0.1, 0.15) is 0 Å². The molecule has 5 heteroatoms. The minimum atomic E-state index is 0.488. The van der Waals surface area contributed by atoms with Crippen molar-refractivity contribution in [2.75, 3.05) is 33.5 Å². The SMILES string of the molecule is COCCOCCCn1cncc1C1CCCN1. The lowest BCUT2D eigenvalue weighted by Crippen LogP contribution is -2.17. The summed E-state index contributed by atoms with van der Waals surface area (Å²) in [6.45, 7) is 4.22. The van der Waals surface area contributed by atoms with E-state index in [0.29, 0.717) is 19.3 Å². The Morgan fingerprint density at radius 2 is 2.39 bits per heavy atom. The van der Waals surface area contributed by atoms with Crippen molar-refractivity contribution in [2.24, 2.45) is 0 Å². The zero-order valence-corrected chi connectivity index (χ0v) is 11.1. The molecular formula is C13H23N3O2. The highest BCUT2D eigenvalue weighted by atomic mass is 16.5. The summed E-state index contributed by atoms with van der Waals surface area (Å²) in [6, 6.07) is 0.488.